The number of aryl methyl sites for hydroxylation is 1. The van der Waals surface area contributed by atoms with Gasteiger partial charge >= 0.3 is 12.1 Å². The Labute approximate surface area is 137 Å². The summed E-state index contributed by atoms with van der Waals surface area (Å²) in [4.78, 5) is 27.9. The number of carbonyl (C=O) groups is 2. The third-order valence-corrected chi connectivity index (χ3v) is 3.72. The number of carboxylic acids is 1. The minimum Gasteiger partial charge on any atom is -0.481 e. The van der Waals surface area contributed by atoms with E-state index in [1.54, 1.807) is 33.9 Å². The zero-order valence-electron chi connectivity index (χ0n) is 14.5. The first-order valence-electron chi connectivity index (χ1n) is 7.70. The fraction of sp³-hybridized carbons (Fsp3) is 0.588. The molecule has 2 N–H and O–H groups in total. The van der Waals surface area contributed by atoms with E-state index in [1.165, 1.54) is 0 Å². The van der Waals surface area contributed by atoms with E-state index in [0.717, 1.165) is 11.3 Å². The van der Waals surface area contributed by atoms with Gasteiger partial charge in [-0.1, -0.05) is 13.0 Å². The van der Waals surface area contributed by atoms with Gasteiger partial charge in [0.1, 0.15) is 5.60 Å². The summed E-state index contributed by atoms with van der Waals surface area (Å²) in [6.45, 7) is 8.95. The van der Waals surface area contributed by atoms with E-state index >= 15 is 0 Å². The molecule has 0 saturated heterocycles. The molecule has 6 heteroatoms. The average molecular weight is 322 g/mol. The number of ether oxygens (including phenoxy) is 1. The van der Waals surface area contributed by atoms with E-state index in [-0.39, 0.29) is 13.0 Å². The summed E-state index contributed by atoms with van der Waals surface area (Å²) in [5, 5.41) is 12.3. The lowest BCUT2D eigenvalue weighted by Crippen LogP contribution is -2.45. The number of hydrogen-bond acceptors (Lipinski definition) is 4. The number of aromatic nitrogens is 1. The monoisotopic (exact) mass is 322 g/mol. The van der Waals surface area contributed by atoms with Gasteiger partial charge in [0.25, 0.3) is 0 Å². The lowest BCUT2D eigenvalue weighted by molar-refractivity contribution is -0.148. The highest BCUT2D eigenvalue weighted by molar-refractivity contribution is 5.77. The van der Waals surface area contributed by atoms with Crippen molar-refractivity contribution in [1.82, 2.24) is 10.3 Å². The molecule has 0 aliphatic carbocycles. The molecule has 1 rings (SSSR count). The van der Waals surface area contributed by atoms with Crippen LogP contribution < -0.4 is 5.32 Å². The Morgan fingerprint density at radius 1 is 1.35 bits per heavy atom. The Hall–Kier alpha value is -2.11. The van der Waals surface area contributed by atoms with Gasteiger partial charge in [-0.2, -0.15) is 0 Å². The highest BCUT2D eigenvalue weighted by Gasteiger charge is 2.38. The Morgan fingerprint density at radius 2 is 2.00 bits per heavy atom. The molecule has 1 atom stereocenters. The quantitative estimate of drug-likeness (QED) is 0.840. The van der Waals surface area contributed by atoms with Crippen molar-refractivity contribution in [3.05, 3.63) is 29.6 Å². The molecule has 6 nitrogen and oxygen atoms in total. The molecule has 0 aliphatic rings. The summed E-state index contributed by atoms with van der Waals surface area (Å²) in [7, 11) is 0. The summed E-state index contributed by atoms with van der Waals surface area (Å²) in [6, 6.07) is 3.71. The van der Waals surface area contributed by atoms with Crippen LogP contribution in [0.4, 0.5) is 4.79 Å². The minimum absolute atomic E-state index is 0.0102. The van der Waals surface area contributed by atoms with Gasteiger partial charge in [0, 0.05) is 24.9 Å². The summed E-state index contributed by atoms with van der Waals surface area (Å²) < 4.78 is 5.17. The summed E-state index contributed by atoms with van der Waals surface area (Å²) >= 11 is 0. The van der Waals surface area contributed by atoms with Crippen LogP contribution in [0.2, 0.25) is 0 Å². The highest BCUT2D eigenvalue weighted by atomic mass is 16.6. The molecule has 1 aromatic heterocycles. The Balaban J connectivity index is 2.89. The first-order chi connectivity index (χ1) is 10.6. The summed E-state index contributed by atoms with van der Waals surface area (Å²) in [5.74, 6) is -0.957. The molecule has 0 aromatic carbocycles. The third-order valence-electron chi connectivity index (χ3n) is 3.72. The molecular formula is C17H26N2O4. The number of hydrogen-bond donors (Lipinski definition) is 2. The normalized spacial score (nSPS) is 14.0. The number of alkyl carbamates (subject to hydrolysis) is 1. The molecule has 0 fully saturated rings. The largest absolute Gasteiger partial charge is 0.481 e. The molecule has 0 bridgehead atoms. The van der Waals surface area contributed by atoms with Crippen molar-refractivity contribution in [2.45, 2.75) is 53.1 Å². The number of nitrogens with zero attached hydrogens (tertiary/aromatic N) is 1. The maximum absolute atomic E-state index is 11.8. The smallest absolute Gasteiger partial charge is 0.407 e. The van der Waals surface area contributed by atoms with Crippen LogP contribution in [0.3, 0.4) is 0 Å². The number of carbonyl (C=O) groups excluding carboxylic acids is 1. The predicted octanol–water partition coefficient (Wildman–Crippen LogP) is 2.94. The molecule has 128 valence electrons. The van der Waals surface area contributed by atoms with Gasteiger partial charge in [0.05, 0.1) is 5.41 Å². The summed E-state index contributed by atoms with van der Waals surface area (Å²) in [6.07, 6.45) is 1.65. The molecule has 0 spiro atoms. The first kappa shape index (κ1) is 18.9. The van der Waals surface area contributed by atoms with E-state index in [9.17, 15) is 14.7 Å². The molecule has 1 amide bonds. The second kappa shape index (κ2) is 7.44. The van der Waals surface area contributed by atoms with Crippen molar-refractivity contribution in [2.24, 2.45) is 5.41 Å². The van der Waals surface area contributed by atoms with Crippen molar-refractivity contribution >= 4 is 12.1 Å². The van der Waals surface area contributed by atoms with Crippen LogP contribution in [0.15, 0.2) is 18.3 Å². The van der Waals surface area contributed by atoms with Gasteiger partial charge in [-0.15, -0.1) is 0 Å². The molecule has 0 radical (unpaired) electrons. The number of nitrogens with one attached hydrogen (secondary N) is 1. The Morgan fingerprint density at radius 3 is 2.48 bits per heavy atom. The molecule has 0 saturated carbocycles. The fourth-order valence-corrected chi connectivity index (χ4v) is 2.19. The minimum atomic E-state index is -1.12. The zero-order valence-corrected chi connectivity index (χ0v) is 14.5. The SMILES string of the molecule is CCC(CNC(=O)OC(C)(C)C)(Cc1ncccc1C)C(=O)O. The maximum Gasteiger partial charge on any atom is 0.407 e. The molecule has 0 aliphatic heterocycles. The predicted molar refractivity (Wildman–Crippen MR) is 87.3 cm³/mol. The Kier molecular flexibility index (Phi) is 6.12. The topological polar surface area (TPSA) is 88.5 Å². The van der Waals surface area contributed by atoms with E-state index in [1.807, 2.05) is 19.1 Å². The van der Waals surface area contributed by atoms with Crippen molar-refractivity contribution < 1.29 is 19.4 Å². The van der Waals surface area contributed by atoms with Crippen molar-refractivity contribution in [1.29, 1.82) is 0 Å². The zero-order chi connectivity index (χ0) is 17.7. The standard InChI is InChI=1S/C17H26N2O4/c1-6-17(14(20)21,10-13-12(2)8-7-9-18-13)11-19-15(22)23-16(3,4)5/h7-9H,6,10-11H2,1-5H3,(H,19,22)(H,20,21). The molecule has 1 unspecified atom stereocenters. The number of aliphatic carboxylic acids is 1. The number of pyridine rings is 1. The van der Waals surface area contributed by atoms with E-state index in [0.29, 0.717) is 6.42 Å². The first-order valence-corrected chi connectivity index (χ1v) is 7.70. The molecule has 1 heterocycles. The maximum atomic E-state index is 11.8. The van der Waals surface area contributed by atoms with Gasteiger partial charge in [0.2, 0.25) is 0 Å². The van der Waals surface area contributed by atoms with Crippen LogP contribution in [0, 0.1) is 12.3 Å². The van der Waals surface area contributed by atoms with Gasteiger partial charge in [-0.05, 0) is 45.7 Å². The average Bonchev–Trinajstić information content (AvgIpc) is 2.43. The number of rotatable bonds is 6. The van der Waals surface area contributed by atoms with Crippen molar-refractivity contribution in [3.8, 4) is 0 Å². The second-order valence-electron chi connectivity index (χ2n) is 6.74. The highest BCUT2D eigenvalue weighted by Crippen LogP contribution is 2.27. The lowest BCUT2D eigenvalue weighted by Gasteiger charge is -2.29. The van der Waals surface area contributed by atoms with Crippen LogP contribution >= 0.6 is 0 Å². The fourth-order valence-electron chi connectivity index (χ4n) is 2.19. The van der Waals surface area contributed by atoms with Crippen molar-refractivity contribution in [2.75, 3.05) is 6.54 Å². The van der Waals surface area contributed by atoms with E-state index < -0.39 is 23.1 Å². The Bertz CT molecular complexity index is 566. The van der Waals surface area contributed by atoms with E-state index in [2.05, 4.69) is 10.3 Å². The third kappa shape index (κ3) is 5.54. The van der Waals surface area contributed by atoms with Crippen LogP contribution in [0.5, 0.6) is 0 Å². The van der Waals surface area contributed by atoms with Crippen molar-refractivity contribution in [3.63, 3.8) is 0 Å². The lowest BCUT2D eigenvalue weighted by atomic mass is 9.79. The molecule has 23 heavy (non-hydrogen) atoms. The number of amides is 1. The molecule has 1 aromatic rings. The van der Waals surface area contributed by atoms with Gasteiger partial charge in [-0.3, -0.25) is 9.78 Å². The van der Waals surface area contributed by atoms with Crippen LogP contribution in [-0.4, -0.2) is 34.3 Å². The summed E-state index contributed by atoms with van der Waals surface area (Å²) in [5.41, 5.74) is -0.0814. The number of carboxylic acid groups (broad SMARTS) is 1. The van der Waals surface area contributed by atoms with Crippen LogP contribution in [0.1, 0.15) is 45.4 Å². The van der Waals surface area contributed by atoms with Gasteiger partial charge in [-0.25, -0.2) is 4.79 Å². The van der Waals surface area contributed by atoms with E-state index in [4.69, 9.17) is 4.74 Å². The van der Waals surface area contributed by atoms with Gasteiger partial charge < -0.3 is 15.2 Å². The van der Waals surface area contributed by atoms with Gasteiger partial charge in [0.15, 0.2) is 0 Å². The second-order valence-corrected chi connectivity index (χ2v) is 6.74. The van der Waals surface area contributed by atoms with Crippen LogP contribution in [0.25, 0.3) is 0 Å². The molecular weight excluding hydrogens is 296 g/mol. The van der Waals surface area contributed by atoms with Crippen LogP contribution in [-0.2, 0) is 16.0 Å².